The molecule has 0 radical (unpaired) electrons. The van der Waals surface area contributed by atoms with Gasteiger partial charge in [0.2, 0.25) is 0 Å². The van der Waals surface area contributed by atoms with E-state index in [2.05, 4.69) is 26.3 Å². The molecule has 3 heterocycles. The van der Waals surface area contributed by atoms with Crippen molar-refractivity contribution in [3.63, 3.8) is 0 Å². The summed E-state index contributed by atoms with van der Waals surface area (Å²) in [5.74, 6) is -0.319. The average Bonchev–Trinajstić information content (AvgIpc) is 3.46. The van der Waals surface area contributed by atoms with Crippen LogP contribution in [-0.4, -0.2) is 33.1 Å². The number of hydrogen-bond donors (Lipinski definition) is 3. The number of anilines is 1. The second-order valence-electron chi connectivity index (χ2n) is 8.13. The van der Waals surface area contributed by atoms with Crippen LogP contribution in [0.15, 0.2) is 53.3 Å². The Hall–Kier alpha value is -4.14. The zero-order valence-corrected chi connectivity index (χ0v) is 19.0. The van der Waals surface area contributed by atoms with E-state index in [0.717, 1.165) is 16.8 Å². The topological polar surface area (TPSA) is 114 Å². The van der Waals surface area contributed by atoms with Gasteiger partial charge < -0.3 is 9.73 Å². The van der Waals surface area contributed by atoms with E-state index >= 15 is 0 Å². The number of nitrogens with one attached hydrogen (secondary N) is 3. The molecular formula is C24H26N6O3. The van der Waals surface area contributed by atoms with Crippen molar-refractivity contribution in [3.05, 3.63) is 65.5 Å². The maximum atomic E-state index is 13.0. The van der Waals surface area contributed by atoms with E-state index in [0.29, 0.717) is 28.1 Å². The lowest BCUT2D eigenvalue weighted by atomic mass is 10.1. The Bertz CT molecular complexity index is 1310. The molecule has 4 rings (SSSR count). The van der Waals surface area contributed by atoms with Crippen molar-refractivity contribution in [2.24, 2.45) is 0 Å². The number of nitrogens with zero attached hydrogens (tertiary/aromatic N) is 3. The molecule has 2 amide bonds. The molecule has 3 N–H and O–H groups in total. The predicted molar refractivity (Wildman–Crippen MR) is 126 cm³/mol. The lowest BCUT2D eigenvalue weighted by molar-refractivity contribution is -0.120. The standard InChI is InChI=1S/C24H26N6O3/c1-14(2)30-23-18(12-26-30)17(11-20(27-23)21-6-5-9-33-21)24(32)29-28-22(31)13-25-19-8-7-15(3)10-16(19)4/h5-12,14,25H,13H2,1-4H3,(H,28,31)(H,29,32). The minimum atomic E-state index is -0.474. The second-order valence-corrected chi connectivity index (χ2v) is 8.13. The monoisotopic (exact) mass is 446 g/mol. The molecule has 0 aliphatic rings. The molecular weight excluding hydrogens is 420 g/mol. The number of hydrogen-bond acceptors (Lipinski definition) is 6. The van der Waals surface area contributed by atoms with E-state index in [-0.39, 0.29) is 18.5 Å². The molecule has 0 unspecified atom stereocenters. The highest BCUT2D eigenvalue weighted by Crippen LogP contribution is 2.26. The molecule has 0 saturated carbocycles. The van der Waals surface area contributed by atoms with Crippen LogP contribution < -0.4 is 16.2 Å². The molecule has 9 nitrogen and oxygen atoms in total. The molecule has 9 heteroatoms. The summed E-state index contributed by atoms with van der Waals surface area (Å²) >= 11 is 0. The van der Waals surface area contributed by atoms with Gasteiger partial charge in [0.1, 0.15) is 5.69 Å². The molecule has 170 valence electrons. The normalized spacial score (nSPS) is 11.1. The second kappa shape index (κ2) is 9.15. The van der Waals surface area contributed by atoms with Crippen LogP contribution in [0.4, 0.5) is 5.69 Å². The number of amides is 2. The van der Waals surface area contributed by atoms with E-state index < -0.39 is 5.91 Å². The summed E-state index contributed by atoms with van der Waals surface area (Å²) in [7, 11) is 0. The van der Waals surface area contributed by atoms with Gasteiger partial charge in [-0.3, -0.25) is 20.4 Å². The molecule has 1 aromatic carbocycles. The molecule has 0 bridgehead atoms. The van der Waals surface area contributed by atoms with Gasteiger partial charge in [0.15, 0.2) is 11.4 Å². The lowest BCUT2D eigenvalue weighted by Gasteiger charge is -2.12. The summed E-state index contributed by atoms with van der Waals surface area (Å²) in [5, 5.41) is 8.04. The van der Waals surface area contributed by atoms with Gasteiger partial charge >= 0.3 is 0 Å². The Balaban J connectivity index is 1.51. The summed E-state index contributed by atoms with van der Waals surface area (Å²) in [6.45, 7) is 7.96. The fourth-order valence-corrected chi connectivity index (χ4v) is 3.56. The highest BCUT2D eigenvalue weighted by atomic mass is 16.3. The third-order valence-electron chi connectivity index (χ3n) is 5.21. The van der Waals surface area contributed by atoms with Crippen LogP contribution in [0.2, 0.25) is 0 Å². The van der Waals surface area contributed by atoms with Crippen molar-refractivity contribution in [1.82, 2.24) is 25.6 Å². The summed E-state index contributed by atoms with van der Waals surface area (Å²) < 4.78 is 7.21. The smallest absolute Gasteiger partial charge is 0.270 e. The largest absolute Gasteiger partial charge is 0.463 e. The fourth-order valence-electron chi connectivity index (χ4n) is 3.56. The average molecular weight is 447 g/mol. The zero-order valence-electron chi connectivity index (χ0n) is 19.0. The van der Waals surface area contributed by atoms with E-state index in [1.807, 2.05) is 45.9 Å². The lowest BCUT2D eigenvalue weighted by Crippen LogP contribution is -2.44. The SMILES string of the molecule is Cc1ccc(NCC(=O)NNC(=O)c2cc(-c3ccco3)nc3c2cnn3C(C)C)c(C)c1. The van der Waals surface area contributed by atoms with E-state index in [1.165, 1.54) is 0 Å². The summed E-state index contributed by atoms with van der Waals surface area (Å²) in [4.78, 5) is 29.9. The zero-order chi connectivity index (χ0) is 23.5. The number of furan rings is 1. The molecule has 33 heavy (non-hydrogen) atoms. The molecule has 0 aliphatic heterocycles. The highest BCUT2D eigenvalue weighted by Gasteiger charge is 2.19. The van der Waals surface area contributed by atoms with E-state index in [1.54, 1.807) is 35.3 Å². The molecule has 0 spiro atoms. The minimum Gasteiger partial charge on any atom is -0.463 e. The molecule has 4 aromatic rings. The van der Waals surface area contributed by atoms with Crippen LogP contribution >= 0.6 is 0 Å². The van der Waals surface area contributed by atoms with Gasteiger partial charge in [-0.2, -0.15) is 5.10 Å². The van der Waals surface area contributed by atoms with Crippen molar-refractivity contribution in [3.8, 4) is 11.5 Å². The maximum Gasteiger partial charge on any atom is 0.270 e. The Morgan fingerprint density at radius 3 is 2.64 bits per heavy atom. The third-order valence-corrected chi connectivity index (χ3v) is 5.21. The van der Waals surface area contributed by atoms with Gasteiger partial charge in [0, 0.05) is 11.7 Å². The van der Waals surface area contributed by atoms with Crippen LogP contribution in [0.5, 0.6) is 0 Å². The van der Waals surface area contributed by atoms with Crippen molar-refractivity contribution in [2.45, 2.75) is 33.7 Å². The fraction of sp³-hybridized carbons (Fsp3) is 0.250. The first-order chi connectivity index (χ1) is 15.8. The number of carbonyl (C=O) groups is 2. The number of hydrazine groups is 1. The van der Waals surface area contributed by atoms with Gasteiger partial charge in [-0.15, -0.1) is 0 Å². The van der Waals surface area contributed by atoms with Crippen LogP contribution in [0.3, 0.4) is 0 Å². The number of fused-ring (bicyclic) bond motifs is 1. The first-order valence-electron chi connectivity index (χ1n) is 10.7. The Kier molecular flexibility index (Phi) is 6.12. The minimum absolute atomic E-state index is 0.0128. The number of carbonyl (C=O) groups excluding carboxylic acids is 2. The molecule has 0 fully saturated rings. The number of aryl methyl sites for hydroxylation is 2. The quantitative estimate of drug-likeness (QED) is 0.389. The third kappa shape index (κ3) is 4.72. The Morgan fingerprint density at radius 2 is 1.94 bits per heavy atom. The van der Waals surface area contributed by atoms with Crippen LogP contribution in [0, 0.1) is 13.8 Å². The molecule has 0 atom stereocenters. The number of pyridine rings is 1. The Morgan fingerprint density at radius 1 is 1.12 bits per heavy atom. The summed E-state index contributed by atoms with van der Waals surface area (Å²) in [6.07, 6.45) is 3.15. The summed E-state index contributed by atoms with van der Waals surface area (Å²) in [6, 6.07) is 11.1. The van der Waals surface area contributed by atoms with Gasteiger partial charge in [0.05, 0.1) is 30.0 Å². The van der Waals surface area contributed by atoms with Gasteiger partial charge in [-0.25, -0.2) is 9.67 Å². The van der Waals surface area contributed by atoms with Crippen LogP contribution in [0.1, 0.15) is 41.4 Å². The van der Waals surface area contributed by atoms with Crippen molar-refractivity contribution < 1.29 is 14.0 Å². The van der Waals surface area contributed by atoms with Crippen molar-refractivity contribution >= 4 is 28.5 Å². The Labute approximate surface area is 191 Å². The first kappa shape index (κ1) is 22.1. The van der Waals surface area contributed by atoms with E-state index in [4.69, 9.17) is 4.42 Å². The highest BCUT2D eigenvalue weighted by molar-refractivity contribution is 6.06. The van der Waals surface area contributed by atoms with Crippen molar-refractivity contribution in [2.75, 3.05) is 11.9 Å². The predicted octanol–water partition coefficient (Wildman–Crippen LogP) is 3.76. The molecule has 3 aromatic heterocycles. The van der Waals surface area contributed by atoms with Gasteiger partial charge in [-0.05, 0) is 57.5 Å². The van der Waals surface area contributed by atoms with Gasteiger partial charge in [0.25, 0.3) is 11.8 Å². The first-order valence-corrected chi connectivity index (χ1v) is 10.7. The maximum absolute atomic E-state index is 13.0. The van der Waals surface area contributed by atoms with Gasteiger partial charge in [-0.1, -0.05) is 17.7 Å². The number of aromatic nitrogens is 3. The van der Waals surface area contributed by atoms with Crippen LogP contribution in [0.25, 0.3) is 22.5 Å². The number of rotatable bonds is 6. The summed E-state index contributed by atoms with van der Waals surface area (Å²) in [5.41, 5.74) is 9.40. The number of benzene rings is 1. The van der Waals surface area contributed by atoms with Crippen molar-refractivity contribution in [1.29, 1.82) is 0 Å². The van der Waals surface area contributed by atoms with Crippen LogP contribution in [-0.2, 0) is 4.79 Å². The molecule has 0 saturated heterocycles. The van der Waals surface area contributed by atoms with E-state index in [9.17, 15) is 9.59 Å². The molecule has 0 aliphatic carbocycles.